The molecular formula is C15H16BrN3O3. The number of carboxylic acids is 1. The van der Waals surface area contributed by atoms with E-state index in [1.54, 1.807) is 12.1 Å². The average Bonchev–Trinajstić information content (AvgIpc) is 2.90. The second kappa shape index (κ2) is 5.92. The molecule has 0 saturated carbocycles. The molecule has 0 spiro atoms. The zero-order valence-corrected chi connectivity index (χ0v) is 14.0. The predicted molar refractivity (Wildman–Crippen MR) is 86.0 cm³/mol. The van der Waals surface area contributed by atoms with E-state index in [0.29, 0.717) is 11.3 Å². The van der Waals surface area contributed by atoms with E-state index in [-0.39, 0.29) is 5.91 Å². The summed E-state index contributed by atoms with van der Waals surface area (Å²) in [5.74, 6) is -1.29. The maximum Gasteiger partial charge on any atom is 0.331 e. The molecule has 0 bridgehead atoms. The van der Waals surface area contributed by atoms with Gasteiger partial charge in [0.25, 0.3) is 5.91 Å². The molecule has 0 aliphatic heterocycles. The topological polar surface area (TPSA) is 84.2 Å². The van der Waals surface area contributed by atoms with Crippen molar-refractivity contribution >= 4 is 33.5 Å². The summed E-state index contributed by atoms with van der Waals surface area (Å²) >= 11 is 3.38. The number of halogens is 1. The Morgan fingerprint density at radius 1 is 1.36 bits per heavy atom. The van der Waals surface area contributed by atoms with Crippen LogP contribution in [0.1, 0.15) is 29.8 Å². The Labute approximate surface area is 136 Å². The average molecular weight is 366 g/mol. The first-order valence-corrected chi connectivity index (χ1v) is 7.37. The summed E-state index contributed by atoms with van der Waals surface area (Å²) in [6, 6.07) is 5.30. The molecule has 1 aromatic carbocycles. The number of aliphatic carboxylic acids is 1. The third-order valence-electron chi connectivity index (χ3n) is 3.37. The smallest absolute Gasteiger partial charge is 0.331 e. The fraction of sp³-hybridized carbons (Fsp3) is 0.267. The largest absolute Gasteiger partial charge is 0.479 e. The van der Waals surface area contributed by atoms with Crippen molar-refractivity contribution in [2.45, 2.75) is 26.3 Å². The number of benzene rings is 1. The summed E-state index contributed by atoms with van der Waals surface area (Å²) in [6.45, 7) is 5.00. The Morgan fingerprint density at radius 2 is 2.05 bits per heavy atom. The molecule has 2 N–H and O–H groups in total. The lowest BCUT2D eigenvalue weighted by molar-refractivity contribution is -0.146. The van der Waals surface area contributed by atoms with Crippen molar-refractivity contribution in [1.82, 2.24) is 9.78 Å². The van der Waals surface area contributed by atoms with Gasteiger partial charge in [-0.15, -0.1) is 0 Å². The number of aryl methyl sites for hydroxylation is 1. The molecule has 0 radical (unpaired) electrons. The van der Waals surface area contributed by atoms with Crippen LogP contribution in [0.2, 0.25) is 0 Å². The lowest BCUT2D eigenvalue weighted by Crippen LogP contribution is -2.35. The van der Waals surface area contributed by atoms with Gasteiger partial charge in [-0.2, -0.15) is 5.10 Å². The Kier molecular flexibility index (Phi) is 4.37. The predicted octanol–water partition coefficient (Wildman–Crippen LogP) is 3.03. The van der Waals surface area contributed by atoms with Gasteiger partial charge in [0, 0.05) is 16.2 Å². The van der Waals surface area contributed by atoms with Crippen LogP contribution in [0, 0.1) is 6.92 Å². The fourth-order valence-electron chi connectivity index (χ4n) is 1.73. The highest BCUT2D eigenvalue weighted by Gasteiger charge is 2.30. The van der Waals surface area contributed by atoms with Crippen molar-refractivity contribution < 1.29 is 14.7 Å². The highest BCUT2D eigenvalue weighted by Crippen LogP contribution is 2.20. The van der Waals surface area contributed by atoms with Crippen molar-refractivity contribution in [3.8, 4) is 0 Å². The molecule has 7 heteroatoms. The molecule has 6 nitrogen and oxygen atoms in total. The van der Waals surface area contributed by atoms with Gasteiger partial charge in [-0.3, -0.25) is 9.48 Å². The Morgan fingerprint density at radius 3 is 2.64 bits per heavy atom. The van der Waals surface area contributed by atoms with E-state index in [4.69, 9.17) is 5.11 Å². The summed E-state index contributed by atoms with van der Waals surface area (Å²) in [7, 11) is 0. The maximum atomic E-state index is 12.2. The maximum absolute atomic E-state index is 12.2. The van der Waals surface area contributed by atoms with Crippen molar-refractivity contribution in [1.29, 1.82) is 0 Å². The lowest BCUT2D eigenvalue weighted by Gasteiger charge is -2.19. The molecule has 2 aromatic rings. The van der Waals surface area contributed by atoms with E-state index in [0.717, 1.165) is 10.0 Å². The third kappa shape index (κ3) is 3.19. The first kappa shape index (κ1) is 16.2. The van der Waals surface area contributed by atoms with Crippen molar-refractivity contribution in [2.75, 3.05) is 5.32 Å². The van der Waals surface area contributed by atoms with E-state index >= 15 is 0 Å². The highest BCUT2D eigenvalue weighted by atomic mass is 79.9. The number of anilines is 1. The molecule has 0 atom stereocenters. The van der Waals surface area contributed by atoms with E-state index in [2.05, 4.69) is 26.3 Å². The summed E-state index contributed by atoms with van der Waals surface area (Å²) in [5.41, 5.74) is 0.793. The van der Waals surface area contributed by atoms with E-state index in [9.17, 15) is 9.59 Å². The van der Waals surface area contributed by atoms with Crippen LogP contribution in [0.25, 0.3) is 0 Å². The van der Waals surface area contributed by atoms with Crippen LogP contribution in [0.5, 0.6) is 0 Å². The molecular weight excluding hydrogens is 350 g/mol. The summed E-state index contributed by atoms with van der Waals surface area (Å²) in [6.07, 6.45) is 2.92. The molecule has 0 aliphatic rings. The van der Waals surface area contributed by atoms with E-state index < -0.39 is 11.5 Å². The zero-order valence-electron chi connectivity index (χ0n) is 12.4. The first-order chi connectivity index (χ1) is 10.2. The molecule has 22 heavy (non-hydrogen) atoms. The molecule has 1 aromatic heterocycles. The van der Waals surface area contributed by atoms with Crippen LogP contribution in [-0.4, -0.2) is 26.8 Å². The van der Waals surface area contributed by atoms with Crippen LogP contribution >= 0.6 is 15.9 Å². The van der Waals surface area contributed by atoms with Gasteiger partial charge >= 0.3 is 5.97 Å². The zero-order chi connectivity index (χ0) is 16.5. The van der Waals surface area contributed by atoms with Crippen LogP contribution < -0.4 is 5.32 Å². The molecule has 0 unspecified atom stereocenters. The number of amides is 1. The standard InChI is InChI=1S/C15H16BrN3O3/c1-9-4-5-10(6-12(9)16)13(20)18-11-7-17-19(8-11)15(2,3)14(21)22/h4-8H,1-3H3,(H,18,20)(H,21,22). The summed E-state index contributed by atoms with van der Waals surface area (Å²) < 4.78 is 2.15. The second-order valence-electron chi connectivity index (χ2n) is 5.46. The SMILES string of the molecule is Cc1ccc(C(=O)Nc2cnn(C(C)(C)C(=O)O)c2)cc1Br. The van der Waals surface area contributed by atoms with Crippen LogP contribution in [-0.2, 0) is 10.3 Å². The number of nitrogens with one attached hydrogen (secondary N) is 1. The number of carboxylic acid groups (broad SMARTS) is 1. The molecule has 1 amide bonds. The monoisotopic (exact) mass is 365 g/mol. The van der Waals surface area contributed by atoms with Gasteiger partial charge in [-0.05, 0) is 38.5 Å². The number of nitrogens with zero attached hydrogens (tertiary/aromatic N) is 2. The minimum absolute atomic E-state index is 0.284. The van der Waals surface area contributed by atoms with Crippen molar-refractivity contribution in [3.63, 3.8) is 0 Å². The summed E-state index contributed by atoms with van der Waals surface area (Å²) in [5, 5.41) is 15.9. The first-order valence-electron chi connectivity index (χ1n) is 6.58. The van der Waals surface area contributed by atoms with E-state index in [1.165, 1.54) is 30.9 Å². The third-order valence-corrected chi connectivity index (χ3v) is 4.22. The fourth-order valence-corrected chi connectivity index (χ4v) is 2.11. The summed E-state index contributed by atoms with van der Waals surface area (Å²) in [4.78, 5) is 23.4. The number of carbonyl (C=O) groups is 2. The molecule has 2 rings (SSSR count). The van der Waals surface area contributed by atoms with Crippen LogP contribution in [0.15, 0.2) is 35.1 Å². The molecule has 0 fully saturated rings. The van der Waals surface area contributed by atoms with Crippen LogP contribution in [0.4, 0.5) is 5.69 Å². The number of carbonyl (C=O) groups excluding carboxylic acids is 1. The normalized spacial score (nSPS) is 11.3. The van der Waals surface area contributed by atoms with Gasteiger partial charge in [0.2, 0.25) is 0 Å². The molecule has 116 valence electrons. The Balaban J connectivity index is 2.18. The lowest BCUT2D eigenvalue weighted by atomic mass is 10.1. The number of hydrogen-bond acceptors (Lipinski definition) is 3. The molecule has 0 aliphatic carbocycles. The van der Waals surface area contributed by atoms with Gasteiger partial charge < -0.3 is 10.4 Å². The second-order valence-corrected chi connectivity index (χ2v) is 6.31. The van der Waals surface area contributed by atoms with Gasteiger partial charge in [0.15, 0.2) is 5.54 Å². The Bertz CT molecular complexity index is 737. The van der Waals surface area contributed by atoms with Gasteiger partial charge in [0.1, 0.15) is 0 Å². The number of aromatic nitrogens is 2. The van der Waals surface area contributed by atoms with Gasteiger partial charge in [0.05, 0.1) is 11.9 Å². The minimum Gasteiger partial charge on any atom is -0.479 e. The number of rotatable bonds is 4. The van der Waals surface area contributed by atoms with Gasteiger partial charge in [-0.25, -0.2) is 4.79 Å². The van der Waals surface area contributed by atoms with Crippen molar-refractivity contribution in [3.05, 3.63) is 46.2 Å². The minimum atomic E-state index is -1.18. The Hall–Kier alpha value is -2.15. The quantitative estimate of drug-likeness (QED) is 0.871. The number of hydrogen-bond donors (Lipinski definition) is 2. The van der Waals surface area contributed by atoms with Crippen LogP contribution in [0.3, 0.4) is 0 Å². The van der Waals surface area contributed by atoms with E-state index in [1.807, 2.05) is 13.0 Å². The molecule has 0 saturated heterocycles. The molecule has 1 heterocycles. The van der Waals surface area contributed by atoms with Crippen molar-refractivity contribution in [2.24, 2.45) is 0 Å². The van der Waals surface area contributed by atoms with Gasteiger partial charge in [-0.1, -0.05) is 22.0 Å². The highest BCUT2D eigenvalue weighted by molar-refractivity contribution is 9.10.